The number of nitrogens with zero attached hydrogens (tertiary/aromatic N) is 3. The van der Waals surface area contributed by atoms with Crippen LogP contribution >= 0.6 is 0 Å². The molecular weight excluding hydrogens is 182 g/mol. The van der Waals surface area contributed by atoms with E-state index in [4.69, 9.17) is 0 Å². The molecule has 0 spiro atoms. The molecule has 0 aliphatic heterocycles. The zero-order valence-corrected chi connectivity index (χ0v) is 7.54. The van der Waals surface area contributed by atoms with Crippen LogP contribution in [0.15, 0.2) is 24.3 Å². The molecule has 0 radical (unpaired) electrons. The average molecular weight is 190 g/mol. The van der Waals surface area contributed by atoms with Crippen molar-refractivity contribution in [1.82, 2.24) is 15.0 Å². The molecule has 1 aromatic heterocycles. The van der Waals surface area contributed by atoms with Crippen molar-refractivity contribution < 1.29 is 9.90 Å². The van der Waals surface area contributed by atoms with Gasteiger partial charge in [0, 0.05) is 0 Å². The third-order valence-electron chi connectivity index (χ3n) is 2.09. The van der Waals surface area contributed by atoms with Crippen LogP contribution in [0.2, 0.25) is 0 Å². The van der Waals surface area contributed by atoms with Crippen LogP contribution < -0.4 is 5.11 Å². The maximum absolute atomic E-state index is 10.6. The highest BCUT2D eigenvalue weighted by Crippen LogP contribution is 2.14. The van der Waals surface area contributed by atoms with Crippen molar-refractivity contribution in [2.24, 2.45) is 0 Å². The third kappa shape index (κ3) is 1.22. The molecule has 0 bridgehead atoms. The van der Waals surface area contributed by atoms with Gasteiger partial charge in [-0.25, -0.2) is 4.68 Å². The molecule has 0 saturated heterocycles. The zero-order chi connectivity index (χ0) is 10.1. The van der Waals surface area contributed by atoms with Crippen molar-refractivity contribution in [3.05, 3.63) is 24.3 Å². The number of carboxylic acids is 1. The normalized spacial score (nSPS) is 12.9. The van der Waals surface area contributed by atoms with E-state index < -0.39 is 12.0 Å². The van der Waals surface area contributed by atoms with Gasteiger partial charge >= 0.3 is 0 Å². The van der Waals surface area contributed by atoms with E-state index in [1.54, 1.807) is 12.1 Å². The summed E-state index contributed by atoms with van der Waals surface area (Å²) in [4.78, 5) is 10.6. The van der Waals surface area contributed by atoms with Gasteiger partial charge in [0.15, 0.2) is 0 Å². The summed E-state index contributed by atoms with van der Waals surface area (Å²) in [5, 5.41) is 18.2. The maximum Gasteiger partial charge on any atom is 0.113 e. The monoisotopic (exact) mass is 190 g/mol. The molecule has 0 aliphatic rings. The Morgan fingerprint density at radius 3 is 2.93 bits per heavy atom. The molecule has 1 aromatic carbocycles. The summed E-state index contributed by atoms with van der Waals surface area (Å²) in [7, 11) is 0. The summed E-state index contributed by atoms with van der Waals surface area (Å²) in [6, 6.07) is 6.38. The Bertz CT molecular complexity index is 478. The quantitative estimate of drug-likeness (QED) is 0.654. The van der Waals surface area contributed by atoms with E-state index in [1.807, 2.05) is 12.1 Å². The van der Waals surface area contributed by atoms with Gasteiger partial charge in [-0.15, -0.1) is 5.10 Å². The minimum Gasteiger partial charge on any atom is -0.548 e. The van der Waals surface area contributed by atoms with E-state index in [9.17, 15) is 9.90 Å². The van der Waals surface area contributed by atoms with Gasteiger partial charge in [0.2, 0.25) is 0 Å². The lowest BCUT2D eigenvalue weighted by Gasteiger charge is -2.12. The smallest absolute Gasteiger partial charge is 0.113 e. The van der Waals surface area contributed by atoms with Gasteiger partial charge in [0.05, 0.1) is 17.5 Å². The number of fused-ring (bicyclic) bond motifs is 1. The number of benzene rings is 1. The van der Waals surface area contributed by atoms with E-state index >= 15 is 0 Å². The Morgan fingerprint density at radius 2 is 2.21 bits per heavy atom. The number of carbonyl (C=O) groups is 1. The van der Waals surface area contributed by atoms with Crippen LogP contribution in [0.5, 0.6) is 0 Å². The van der Waals surface area contributed by atoms with Crippen LogP contribution in [0.4, 0.5) is 0 Å². The van der Waals surface area contributed by atoms with Gasteiger partial charge in [0.25, 0.3) is 0 Å². The van der Waals surface area contributed by atoms with Crippen LogP contribution in [0.1, 0.15) is 13.0 Å². The highest BCUT2D eigenvalue weighted by atomic mass is 16.4. The topological polar surface area (TPSA) is 70.8 Å². The van der Waals surface area contributed by atoms with Crippen LogP contribution in [-0.2, 0) is 4.79 Å². The standard InChI is InChI=1S/C9H9N3O2/c1-6(9(13)14)12-8-5-3-2-4-7(8)10-11-12/h2-6H,1H3,(H,13,14)/p-1/t6-/m0/s1. The molecule has 1 atom stereocenters. The molecule has 5 heteroatoms. The molecular formula is C9H8N3O2-. The highest BCUT2D eigenvalue weighted by Gasteiger charge is 2.10. The van der Waals surface area contributed by atoms with Crippen molar-refractivity contribution in [3.63, 3.8) is 0 Å². The van der Waals surface area contributed by atoms with E-state index in [0.717, 1.165) is 0 Å². The van der Waals surface area contributed by atoms with E-state index in [1.165, 1.54) is 11.6 Å². The minimum absolute atomic E-state index is 0.681. The Labute approximate surface area is 80.0 Å². The first-order valence-electron chi connectivity index (χ1n) is 4.21. The van der Waals surface area contributed by atoms with E-state index in [-0.39, 0.29) is 0 Å². The number of aliphatic carboxylic acids is 1. The number of carboxylic acid groups (broad SMARTS) is 1. The zero-order valence-electron chi connectivity index (χ0n) is 7.54. The summed E-state index contributed by atoms with van der Waals surface area (Å²) in [5.41, 5.74) is 1.38. The molecule has 72 valence electrons. The van der Waals surface area contributed by atoms with Crippen molar-refractivity contribution in [1.29, 1.82) is 0 Å². The number of carbonyl (C=O) groups excluding carboxylic acids is 1. The Balaban J connectivity index is 2.58. The fraction of sp³-hybridized carbons (Fsp3) is 0.222. The number of aromatic nitrogens is 3. The van der Waals surface area contributed by atoms with E-state index in [2.05, 4.69) is 10.3 Å². The minimum atomic E-state index is -1.17. The second-order valence-corrected chi connectivity index (χ2v) is 3.02. The average Bonchev–Trinajstić information content (AvgIpc) is 2.60. The molecule has 2 aromatic rings. The van der Waals surface area contributed by atoms with Crippen molar-refractivity contribution >= 4 is 17.0 Å². The fourth-order valence-electron chi connectivity index (χ4n) is 1.27. The number of hydrogen-bond donors (Lipinski definition) is 0. The van der Waals surface area contributed by atoms with Crippen LogP contribution in [0.25, 0.3) is 11.0 Å². The molecule has 0 fully saturated rings. The molecule has 5 nitrogen and oxygen atoms in total. The summed E-state index contributed by atoms with van der Waals surface area (Å²) < 4.78 is 1.34. The van der Waals surface area contributed by atoms with Gasteiger partial charge in [-0.1, -0.05) is 17.3 Å². The van der Waals surface area contributed by atoms with Crippen molar-refractivity contribution in [2.45, 2.75) is 13.0 Å². The van der Waals surface area contributed by atoms with Gasteiger partial charge < -0.3 is 9.90 Å². The lowest BCUT2D eigenvalue weighted by molar-refractivity contribution is -0.310. The van der Waals surface area contributed by atoms with Gasteiger partial charge in [-0.2, -0.15) is 0 Å². The number of para-hydroxylation sites is 1. The lowest BCUT2D eigenvalue weighted by atomic mass is 10.3. The second kappa shape index (κ2) is 3.10. The number of hydrogen-bond acceptors (Lipinski definition) is 4. The van der Waals surface area contributed by atoms with Gasteiger partial charge in [-0.3, -0.25) is 0 Å². The summed E-state index contributed by atoms with van der Waals surface area (Å²) in [6.45, 7) is 1.51. The summed E-state index contributed by atoms with van der Waals surface area (Å²) >= 11 is 0. The van der Waals surface area contributed by atoms with Gasteiger partial charge in [-0.05, 0) is 19.1 Å². The first-order valence-corrected chi connectivity index (χ1v) is 4.21. The van der Waals surface area contributed by atoms with Crippen LogP contribution in [0, 0.1) is 0 Å². The summed E-state index contributed by atoms with van der Waals surface area (Å²) in [6.07, 6.45) is 0. The largest absolute Gasteiger partial charge is 0.548 e. The first kappa shape index (κ1) is 8.68. The molecule has 2 rings (SSSR count). The molecule has 0 aliphatic carbocycles. The molecule has 0 N–H and O–H groups in total. The van der Waals surface area contributed by atoms with Crippen molar-refractivity contribution in [2.75, 3.05) is 0 Å². The fourth-order valence-corrected chi connectivity index (χ4v) is 1.27. The maximum atomic E-state index is 10.6. The Kier molecular flexibility index (Phi) is 1.92. The Hall–Kier alpha value is -1.91. The molecule has 0 amide bonds. The molecule has 1 heterocycles. The third-order valence-corrected chi connectivity index (χ3v) is 2.09. The summed E-state index contributed by atoms with van der Waals surface area (Å²) in [5.74, 6) is -1.17. The lowest BCUT2D eigenvalue weighted by Crippen LogP contribution is -2.32. The molecule has 0 saturated carbocycles. The number of rotatable bonds is 2. The SMILES string of the molecule is C[C@@H](C(=O)[O-])n1nnc2ccccc21. The van der Waals surface area contributed by atoms with Gasteiger partial charge in [0.1, 0.15) is 5.52 Å². The first-order chi connectivity index (χ1) is 6.70. The van der Waals surface area contributed by atoms with E-state index in [0.29, 0.717) is 11.0 Å². The second-order valence-electron chi connectivity index (χ2n) is 3.02. The van der Waals surface area contributed by atoms with Crippen LogP contribution in [0.3, 0.4) is 0 Å². The Morgan fingerprint density at radius 1 is 1.50 bits per heavy atom. The molecule has 14 heavy (non-hydrogen) atoms. The van der Waals surface area contributed by atoms with Crippen molar-refractivity contribution in [3.8, 4) is 0 Å². The van der Waals surface area contributed by atoms with Crippen LogP contribution in [-0.4, -0.2) is 21.0 Å². The molecule has 0 unspecified atom stereocenters. The predicted octanol–water partition coefficient (Wildman–Crippen LogP) is -0.258. The highest BCUT2D eigenvalue weighted by molar-refractivity contribution is 5.77. The predicted molar refractivity (Wildman–Crippen MR) is 47.2 cm³/mol.